The number of hydrogen-bond acceptors (Lipinski definition) is 5. The van der Waals surface area contributed by atoms with E-state index in [0.717, 1.165) is 17.9 Å². The van der Waals surface area contributed by atoms with Gasteiger partial charge in [-0.2, -0.15) is 0 Å². The Balaban J connectivity index is 1.35. The van der Waals surface area contributed by atoms with Crippen LogP contribution in [0.25, 0.3) is 0 Å². The van der Waals surface area contributed by atoms with Crippen molar-refractivity contribution in [2.45, 2.75) is 32.1 Å². The highest BCUT2D eigenvalue weighted by molar-refractivity contribution is 5.94. The van der Waals surface area contributed by atoms with E-state index < -0.39 is 0 Å². The lowest BCUT2D eigenvalue weighted by atomic mass is 9.97. The Morgan fingerprint density at radius 2 is 1.90 bits per heavy atom. The third-order valence-corrected chi connectivity index (χ3v) is 4.88. The smallest absolute Gasteiger partial charge is 0.252 e. The van der Waals surface area contributed by atoms with Gasteiger partial charge in [0.15, 0.2) is 0 Å². The molecule has 1 aliphatic rings. The molecule has 0 atom stereocenters. The predicted molar refractivity (Wildman–Crippen MR) is 115 cm³/mol. The maximum Gasteiger partial charge on any atom is 0.252 e. The Bertz CT molecular complexity index is 801. The number of amides is 1. The zero-order valence-corrected chi connectivity index (χ0v) is 16.9. The van der Waals surface area contributed by atoms with Crippen LogP contribution in [0.5, 0.6) is 11.5 Å². The predicted octanol–water partition coefficient (Wildman–Crippen LogP) is 4.20. The average Bonchev–Trinajstić information content (AvgIpc) is 2.78. The average molecular weight is 396 g/mol. The number of anilines is 1. The Morgan fingerprint density at radius 3 is 2.59 bits per heavy atom. The molecular formula is C23H29N3O3. The summed E-state index contributed by atoms with van der Waals surface area (Å²) in [6, 6.07) is 11.1. The second kappa shape index (κ2) is 11.1. The molecule has 0 fully saturated rings. The maximum absolute atomic E-state index is 12.2. The van der Waals surface area contributed by atoms with Crippen LogP contribution in [0.15, 0.2) is 54.2 Å². The van der Waals surface area contributed by atoms with Crippen molar-refractivity contribution in [3.63, 3.8) is 0 Å². The molecule has 0 spiro atoms. The second-order valence-corrected chi connectivity index (χ2v) is 7.00. The minimum absolute atomic E-state index is 0.0803. The maximum atomic E-state index is 12.2. The summed E-state index contributed by atoms with van der Waals surface area (Å²) < 4.78 is 10.8. The number of rotatable bonds is 10. The van der Waals surface area contributed by atoms with Gasteiger partial charge in [-0.25, -0.2) is 4.98 Å². The summed E-state index contributed by atoms with van der Waals surface area (Å²) in [5, 5.41) is 6.17. The number of carbonyl (C=O) groups excluding carboxylic acids is 1. The molecule has 0 saturated heterocycles. The highest BCUT2D eigenvalue weighted by atomic mass is 16.5. The van der Waals surface area contributed by atoms with Gasteiger partial charge in [0.2, 0.25) is 0 Å². The van der Waals surface area contributed by atoms with Gasteiger partial charge >= 0.3 is 0 Å². The Hall–Kier alpha value is -3.02. The molecule has 6 heteroatoms. The first kappa shape index (κ1) is 20.7. The van der Waals surface area contributed by atoms with E-state index in [2.05, 4.69) is 21.7 Å². The number of ether oxygens (including phenoxy) is 2. The van der Waals surface area contributed by atoms with Crippen molar-refractivity contribution in [2.75, 3.05) is 32.1 Å². The van der Waals surface area contributed by atoms with E-state index in [1.54, 1.807) is 19.4 Å². The highest BCUT2D eigenvalue weighted by Crippen LogP contribution is 2.19. The molecule has 0 saturated carbocycles. The second-order valence-electron chi connectivity index (χ2n) is 7.00. The fourth-order valence-corrected chi connectivity index (χ4v) is 3.22. The van der Waals surface area contributed by atoms with Crippen molar-refractivity contribution in [3.8, 4) is 11.5 Å². The molecule has 0 unspecified atom stereocenters. The molecule has 3 rings (SSSR count). The number of carbonyl (C=O) groups is 1. The summed E-state index contributed by atoms with van der Waals surface area (Å²) in [6.07, 6.45) is 9.75. The molecule has 1 aliphatic carbocycles. The first-order valence-corrected chi connectivity index (χ1v) is 10.2. The van der Waals surface area contributed by atoms with Crippen LogP contribution in [-0.4, -0.2) is 37.7 Å². The van der Waals surface area contributed by atoms with E-state index in [1.165, 1.54) is 31.3 Å². The van der Waals surface area contributed by atoms with Gasteiger partial charge in [0.05, 0.1) is 19.2 Å². The van der Waals surface area contributed by atoms with Gasteiger partial charge in [-0.3, -0.25) is 4.79 Å². The molecule has 1 aromatic heterocycles. The molecule has 154 valence electrons. The van der Waals surface area contributed by atoms with Crippen LogP contribution < -0.4 is 20.1 Å². The molecule has 0 radical (unpaired) electrons. The van der Waals surface area contributed by atoms with Crippen LogP contribution >= 0.6 is 0 Å². The zero-order chi connectivity index (χ0) is 20.3. The van der Waals surface area contributed by atoms with Crippen molar-refractivity contribution in [1.29, 1.82) is 0 Å². The minimum Gasteiger partial charge on any atom is -0.497 e. The number of methoxy groups -OCH3 is 1. The largest absolute Gasteiger partial charge is 0.497 e. The van der Waals surface area contributed by atoms with Crippen molar-refractivity contribution >= 4 is 11.7 Å². The van der Waals surface area contributed by atoms with Gasteiger partial charge in [0, 0.05) is 12.7 Å². The van der Waals surface area contributed by atoms with Gasteiger partial charge in [-0.15, -0.1) is 0 Å². The van der Waals surface area contributed by atoms with Gasteiger partial charge in [-0.1, -0.05) is 11.6 Å². The number of benzene rings is 1. The minimum atomic E-state index is -0.0803. The summed E-state index contributed by atoms with van der Waals surface area (Å²) in [4.78, 5) is 16.6. The number of aromatic nitrogens is 1. The lowest BCUT2D eigenvalue weighted by Crippen LogP contribution is -2.25. The number of nitrogens with zero attached hydrogens (tertiary/aromatic N) is 1. The summed E-state index contributed by atoms with van der Waals surface area (Å²) in [7, 11) is 1.64. The lowest BCUT2D eigenvalue weighted by Gasteiger charge is -2.13. The molecule has 29 heavy (non-hydrogen) atoms. The number of pyridine rings is 1. The third kappa shape index (κ3) is 6.82. The third-order valence-electron chi connectivity index (χ3n) is 4.88. The molecule has 6 nitrogen and oxygen atoms in total. The number of nitrogens with one attached hydrogen (secondary N) is 2. The molecule has 1 heterocycles. The monoisotopic (exact) mass is 395 g/mol. The fraction of sp³-hybridized carbons (Fsp3) is 0.391. The molecule has 2 N–H and O–H groups in total. The zero-order valence-electron chi connectivity index (χ0n) is 16.9. The lowest BCUT2D eigenvalue weighted by molar-refractivity contribution is 0.0953. The van der Waals surface area contributed by atoms with Gasteiger partial charge in [0.25, 0.3) is 5.91 Å². The van der Waals surface area contributed by atoms with E-state index >= 15 is 0 Å². The quantitative estimate of drug-likeness (QED) is 0.466. The molecule has 1 aromatic carbocycles. The first-order valence-electron chi connectivity index (χ1n) is 10.2. The Kier molecular flexibility index (Phi) is 7.92. The van der Waals surface area contributed by atoms with E-state index in [9.17, 15) is 4.79 Å². The summed E-state index contributed by atoms with van der Waals surface area (Å²) in [5.74, 6) is 2.22. The molecule has 2 aromatic rings. The van der Waals surface area contributed by atoms with Crippen molar-refractivity contribution < 1.29 is 14.3 Å². The number of hydrogen-bond donors (Lipinski definition) is 2. The molecular weight excluding hydrogens is 366 g/mol. The molecule has 1 amide bonds. The van der Waals surface area contributed by atoms with Gasteiger partial charge in [0.1, 0.15) is 23.9 Å². The van der Waals surface area contributed by atoms with E-state index in [0.29, 0.717) is 31.1 Å². The van der Waals surface area contributed by atoms with Crippen LogP contribution in [0, 0.1) is 0 Å². The van der Waals surface area contributed by atoms with Crippen LogP contribution in [0.2, 0.25) is 0 Å². The topological polar surface area (TPSA) is 72.5 Å². The Morgan fingerprint density at radius 1 is 1.07 bits per heavy atom. The van der Waals surface area contributed by atoms with Gasteiger partial charge in [-0.05, 0) is 68.5 Å². The highest BCUT2D eigenvalue weighted by Gasteiger charge is 2.08. The normalized spacial score (nSPS) is 13.3. The molecule has 0 bridgehead atoms. The van der Waals surface area contributed by atoms with Crippen LogP contribution in [0.4, 0.5) is 5.82 Å². The molecule has 0 aliphatic heterocycles. The van der Waals surface area contributed by atoms with Gasteiger partial charge < -0.3 is 20.1 Å². The number of allylic oxidation sites excluding steroid dienone is 1. The van der Waals surface area contributed by atoms with E-state index in [4.69, 9.17) is 9.47 Å². The van der Waals surface area contributed by atoms with Crippen molar-refractivity contribution in [3.05, 3.63) is 59.8 Å². The van der Waals surface area contributed by atoms with E-state index in [1.807, 2.05) is 30.3 Å². The standard InChI is InChI=1S/C23H29N3O3/c1-28-20-8-10-21(11-9-20)29-16-15-24-22-12-7-19(17-26-22)23(27)25-14-13-18-5-3-2-4-6-18/h5,7-12,17H,2-4,6,13-16H2,1H3,(H,24,26)(H,25,27). The first-order chi connectivity index (χ1) is 14.2. The van der Waals surface area contributed by atoms with Crippen LogP contribution in [-0.2, 0) is 0 Å². The van der Waals surface area contributed by atoms with Crippen molar-refractivity contribution in [1.82, 2.24) is 10.3 Å². The summed E-state index contributed by atoms with van der Waals surface area (Å²) >= 11 is 0. The van der Waals surface area contributed by atoms with E-state index in [-0.39, 0.29) is 5.91 Å². The SMILES string of the molecule is COc1ccc(OCCNc2ccc(C(=O)NCCC3=CCCCC3)cn2)cc1. The fourth-order valence-electron chi connectivity index (χ4n) is 3.22. The summed E-state index contributed by atoms with van der Waals surface area (Å²) in [5.41, 5.74) is 2.04. The Labute approximate surface area is 172 Å². The van der Waals surface area contributed by atoms with Crippen LogP contribution in [0.1, 0.15) is 42.5 Å². The van der Waals surface area contributed by atoms with Crippen LogP contribution in [0.3, 0.4) is 0 Å². The van der Waals surface area contributed by atoms with Crippen molar-refractivity contribution in [2.24, 2.45) is 0 Å². The summed E-state index contributed by atoms with van der Waals surface area (Å²) in [6.45, 7) is 1.79.